The SMILES string of the molecule is CCNC(=O)[C@H](C)N(Cc1ccc(Br)cc1)C(=O)CN(c1ccc([N+](=O)[O-])cc1)S(=O)(=O)c1ccccc1. The summed E-state index contributed by atoms with van der Waals surface area (Å²) in [5, 5.41) is 13.8. The molecule has 0 unspecified atom stereocenters. The van der Waals surface area contributed by atoms with Gasteiger partial charge in [-0.1, -0.05) is 46.3 Å². The number of hydrogen-bond donors (Lipinski definition) is 1. The molecule has 38 heavy (non-hydrogen) atoms. The largest absolute Gasteiger partial charge is 0.355 e. The number of hydrogen-bond acceptors (Lipinski definition) is 6. The summed E-state index contributed by atoms with van der Waals surface area (Å²) in [6.45, 7) is 3.12. The van der Waals surface area contributed by atoms with Gasteiger partial charge >= 0.3 is 0 Å². The number of non-ortho nitro benzene ring substituents is 1. The van der Waals surface area contributed by atoms with Crippen molar-refractivity contribution in [1.82, 2.24) is 10.2 Å². The van der Waals surface area contributed by atoms with E-state index in [0.29, 0.717) is 6.54 Å². The number of rotatable bonds is 11. The smallest absolute Gasteiger partial charge is 0.269 e. The molecule has 0 fully saturated rings. The third-order valence-corrected chi connectivity index (χ3v) is 8.06. The van der Waals surface area contributed by atoms with Crippen LogP contribution in [0.3, 0.4) is 0 Å². The van der Waals surface area contributed by atoms with Crippen LogP contribution in [-0.4, -0.2) is 49.2 Å². The minimum Gasteiger partial charge on any atom is -0.355 e. The molecule has 0 aliphatic rings. The third-order valence-electron chi connectivity index (χ3n) is 5.74. The van der Waals surface area contributed by atoms with Crippen molar-refractivity contribution in [2.75, 3.05) is 17.4 Å². The Balaban J connectivity index is 2.03. The molecule has 0 bridgehead atoms. The van der Waals surface area contributed by atoms with Crippen molar-refractivity contribution >= 4 is 49.1 Å². The number of likely N-dealkylation sites (N-methyl/N-ethyl adjacent to an activating group) is 1. The Hall–Kier alpha value is -3.77. The van der Waals surface area contributed by atoms with Crippen LogP contribution in [0.25, 0.3) is 0 Å². The molecule has 3 aromatic rings. The van der Waals surface area contributed by atoms with Crippen LogP contribution >= 0.6 is 15.9 Å². The summed E-state index contributed by atoms with van der Waals surface area (Å²) in [7, 11) is -4.24. The van der Waals surface area contributed by atoms with Gasteiger partial charge in [0.25, 0.3) is 15.7 Å². The molecule has 200 valence electrons. The van der Waals surface area contributed by atoms with Gasteiger partial charge < -0.3 is 10.2 Å². The van der Waals surface area contributed by atoms with Crippen LogP contribution in [0.1, 0.15) is 19.4 Å². The zero-order valence-electron chi connectivity index (χ0n) is 20.8. The highest BCUT2D eigenvalue weighted by molar-refractivity contribution is 9.10. The van der Waals surface area contributed by atoms with Crippen LogP contribution in [0, 0.1) is 10.1 Å². The van der Waals surface area contributed by atoms with E-state index < -0.39 is 33.4 Å². The van der Waals surface area contributed by atoms with E-state index in [2.05, 4.69) is 21.2 Å². The van der Waals surface area contributed by atoms with Gasteiger partial charge in [-0.2, -0.15) is 0 Å². The molecule has 3 aromatic carbocycles. The molecule has 12 heteroatoms. The second-order valence-corrected chi connectivity index (χ2v) is 11.1. The van der Waals surface area contributed by atoms with Gasteiger partial charge in [-0.15, -0.1) is 0 Å². The van der Waals surface area contributed by atoms with E-state index in [1.807, 2.05) is 0 Å². The van der Waals surface area contributed by atoms with E-state index in [1.165, 1.54) is 41.3 Å². The zero-order chi connectivity index (χ0) is 27.9. The van der Waals surface area contributed by atoms with Crippen LogP contribution in [-0.2, 0) is 26.2 Å². The van der Waals surface area contributed by atoms with E-state index in [0.717, 1.165) is 14.3 Å². The fourth-order valence-electron chi connectivity index (χ4n) is 3.68. The molecule has 1 N–H and O–H groups in total. The van der Waals surface area contributed by atoms with Gasteiger partial charge in [0.15, 0.2) is 0 Å². The lowest BCUT2D eigenvalue weighted by Crippen LogP contribution is -2.51. The minimum atomic E-state index is -4.24. The van der Waals surface area contributed by atoms with Crippen molar-refractivity contribution in [3.63, 3.8) is 0 Å². The maximum Gasteiger partial charge on any atom is 0.269 e. The Morgan fingerprint density at radius 2 is 1.61 bits per heavy atom. The van der Waals surface area contributed by atoms with Gasteiger partial charge in [0.1, 0.15) is 12.6 Å². The van der Waals surface area contributed by atoms with Gasteiger partial charge in [-0.3, -0.25) is 24.0 Å². The maximum absolute atomic E-state index is 13.7. The number of halogens is 1. The molecule has 2 amide bonds. The van der Waals surface area contributed by atoms with Crippen LogP contribution in [0.5, 0.6) is 0 Å². The zero-order valence-corrected chi connectivity index (χ0v) is 23.2. The van der Waals surface area contributed by atoms with E-state index in [4.69, 9.17) is 0 Å². The van der Waals surface area contributed by atoms with Crippen LogP contribution in [0.15, 0.2) is 88.2 Å². The van der Waals surface area contributed by atoms with E-state index in [-0.39, 0.29) is 28.7 Å². The highest BCUT2D eigenvalue weighted by Gasteiger charge is 2.32. The van der Waals surface area contributed by atoms with Gasteiger partial charge in [-0.05, 0) is 55.8 Å². The fourth-order valence-corrected chi connectivity index (χ4v) is 5.38. The second kappa shape index (κ2) is 12.7. The Labute approximate surface area is 229 Å². The molecule has 3 rings (SSSR count). The van der Waals surface area contributed by atoms with Crippen LogP contribution in [0.4, 0.5) is 11.4 Å². The predicted octanol–water partition coefficient (Wildman–Crippen LogP) is 4.11. The number of nitro benzene ring substituents is 1. The molecule has 0 aromatic heterocycles. The number of nitro groups is 1. The average Bonchev–Trinajstić information content (AvgIpc) is 2.91. The van der Waals surface area contributed by atoms with Gasteiger partial charge in [0.05, 0.1) is 15.5 Å². The summed E-state index contributed by atoms with van der Waals surface area (Å²) in [5.41, 5.74) is 0.589. The fraction of sp³-hybridized carbons (Fsp3) is 0.231. The van der Waals surface area contributed by atoms with Gasteiger partial charge in [0, 0.05) is 29.7 Å². The Kier molecular flexibility index (Phi) is 9.59. The molecule has 0 saturated heterocycles. The highest BCUT2D eigenvalue weighted by atomic mass is 79.9. The summed E-state index contributed by atoms with van der Waals surface area (Å²) in [6, 6.07) is 18.8. The normalized spacial score (nSPS) is 11.9. The average molecular weight is 603 g/mol. The van der Waals surface area contributed by atoms with E-state index in [1.54, 1.807) is 56.3 Å². The molecule has 0 spiro atoms. The molecule has 0 radical (unpaired) electrons. The van der Waals surface area contributed by atoms with Crippen molar-refractivity contribution in [1.29, 1.82) is 0 Å². The topological polar surface area (TPSA) is 130 Å². The molecular formula is C26H27BrN4O6S. The molecule has 0 aliphatic carbocycles. The number of benzene rings is 3. The lowest BCUT2D eigenvalue weighted by Gasteiger charge is -2.32. The summed E-state index contributed by atoms with van der Waals surface area (Å²) < 4.78 is 29.0. The van der Waals surface area contributed by atoms with Crippen LogP contribution < -0.4 is 9.62 Å². The predicted molar refractivity (Wildman–Crippen MR) is 147 cm³/mol. The minimum absolute atomic E-state index is 0.0533. The summed E-state index contributed by atoms with van der Waals surface area (Å²) in [5.74, 6) is -1.00. The Morgan fingerprint density at radius 3 is 2.16 bits per heavy atom. The molecule has 10 nitrogen and oxygen atoms in total. The summed E-state index contributed by atoms with van der Waals surface area (Å²) in [6.07, 6.45) is 0. The number of nitrogens with one attached hydrogen (secondary N) is 1. The van der Waals surface area contributed by atoms with Crippen molar-refractivity contribution in [3.8, 4) is 0 Å². The Bertz CT molecular complexity index is 1380. The van der Waals surface area contributed by atoms with Gasteiger partial charge in [-0.25, -0.2) is 8.42 Å². The number of carbonyl (C=O) groups is 2. The number of sulfonamides is 1. The second-order valence-electron chi connectivity index (χ2n) is 8.32. The molecule has 1 atom stereocenters. The highest BCUT2D eigenvalue weighted by Crippen LogP contribution is 2.26. The van der Waals surface area contributed by atoms with Crippen LogP contribution in [0.2, 0.25) is 0 Å². The first kappa shape index (κ1) is 28.8. The lowest BCUT2D eigenvalue weighted by molar-refractivity contribution is -0.384. The Morgan fingerprint density at radius 1 is 1.00 bits per heavy atom. The standard InChI is InChI=1S/C26H27BrN4O6S/c1-3-28-26(33)19(2)29(17-20-9-11-21(27)12-10-20)25(32)18-30(22-13-15-23(16-14-22)31(34)35)38(36,37)24-7-5-4-6-8-24/h4-16,19H,3,17-18H2,1-2H3,(H,28,33)/t19-/m0/s1. The van der Waals surface area contributed by atoms with Crippen molar-refractivity contribution in [2.45, 2.75) is 31.3 Å². The quantitative estimate of drug-likeness (QED) is 0.260. The number of carbonyl (C=O) groups excluding carboxylic acids is 2. The molecular weight excluding hydrogens is 576 g/mol. The summed E-state index contributed by atoms with van der Waals surface area (Å²) in [4.78, 5) is 38.2. The first-order chi connectivity index (χ1) is 18.0. The van der Waals surface area contributed by atoms with Crippen molar-refractivity contribution < 1.29 is 22.9 Å². The van der Waals surface area contributed by atoms with E-state index in [9.17, 15) is 28.1 Å². The molecule has 0 aliphatic heterocycles. The van der Waals surface area contributed by atoms with Crippen molar-refractivity contribution in [3.05, 3.63) is 99.0 Å². The number of anilines is 1. The first-order valence-corrected chi connectivity index (χ1v) is 13.9. The number of amides is 2. The third kappa shape index (κ3) is 6.95. The lowest BCUT2D eigenvalue weighted by atomic mass is 10.1. The van der Waals surface area contributed by atoms with Crippen molar-refractivity contribution in [2.24, 2.45) is 0 Å². The first-order valence-electron chi connectivity index (χ1n) is 11.7. The maximum atomic E-state index is 13.7. The molecule has 0 heterocycles. The van der Waals surface area contributed by atoms with Gasteiger partial charge in [0.2, 0.25) is 11.8 Å². The summed E-state index contributed by atoms with van der Waals surface area (Å²) >= 11 is 3.37. The number of nitrogens with zero attached hydrogens (tertiary/aromatic N) is 3. The monoisotopic (exact) mass is 602 g/mol. The molecule has 0 saturated carbocycles. The van der Waals surface area contributed by atoms with E-state index >= 15 is 0 Å².